The Labute approximate surface area is 122 Å². The molecule has 118 valence electrons. The molecule has 0 bridgehead atoms. The number of nitrogens with two attached hydrogens (primary N) is 1. The topological polar surface area (TPSA) is 58.4 Å². The van der Waals surface area contributed by atoms with E-state index in [0.717, 1.165) is 6.07 Å². The summed E-state index contributed by atoms with van der Waals surface area (Å²) in [5.41, 5.74) is 3.83. The molecule has 21 heavy (non-hydrogen) atoms. The summed E-state index contributed by atoms with van der Waals surface area (Å²) in [7, 11) is 0. The monoisotopic (exact) mass is 303 g/mol. The predicted octanol–water partition coefficient (Wildman–Crippen LogP) is 3.30. The van der Waals surface area contributed by atoms with E-state index in [0.29, 0.717) is 6.54 Å². The molecule has 0 aliphatic rings. The maximum absolute atomic E-state index is 12.9. The summed E-state index contributed by atoms with van der Waals surface area (Å²) in [5.74, 6) is 0. The fourth-order valence-corrected chi connectivity index (χ4v) is 1.98. The van der Waals surface area contributed by atoms with Gasteiger partial charge in [-0.25, -0.2) is 4.79 Å². The first-order chi connectivity index (χ1) is 9.63. The van der Waals surface area contributed by atoms with Crippen molar-refractivity contribution in [3.63, 3.8) is 0 Å². The average Bonchev–Trinajstić information content (AvgIpc) is 2.38. The van der Waals surface area contributed by atoms with Crippen molar-refractivity contribution in [1.29, 1.82) is 0 Å². The van der Waals surface area contributed by atoms with E-state index in [1.54, 1.807) is 20.8 Å². The van der Waals surface area contributed by atoms with Gasteiger partial charge in [-0.05, 0) is 32.9 Å². The summed E-state index contributed by atoms with van der Waals surface area (Å²) in [4.78, 5) is 13.6. The van der Waals surface area contributed by atoms with Gasteiger partial charge < -0.3 is 16.0 Å². The molecule has 7 heteroatoms. The summed E-state index contributed by atoms with van der Waals surface area (Å²) in [6, 6.07) is 4.27. The van der Waals surface area contributed by atoms with Crippen LogP contribution in [0.5, 0.6) is 0 Å². The molecule has 0 radical (unpaired) electrons. The van der Waals surface area contributed by atoms with E-state index in [2.05, 4.69) is 5.32 Å². The number of hydrogen-bond acceptors (Lipinski definition) is 2. The van der Waals surface area contributed by atoms with Crippen molar-refractivity contribution < 1.29 is 18.0 Å². The highest BCUT2D eigenvalue weighted by molar-refractivity contribution is 5.90. The Morgan fingerprint density at radius 2 is 1.86 bits per heavy atom. The zero-order valence-electron chi connectivity index (χ0n) is 12.3. The molecule has 0 spiro atoms. The summed E-state index contributed by atoms with van der Waals surface area (Å²) < 4.78 is 38.7. The Morgan fingerprint density at radius 1 is 1.29 bits per heavy atom. The van der Waals surface area contributed by atoms with Crippen LogP contribution in [0, 0.1) is 0 Å². The van der Waals surface area contributed by atoms with Gasteiger partial charge in [0.15, 0.2) is 0 Å². The molecule has 0 heterocycles. The third kappa shape index (κ3) is 4.10. The molecule has 0 aliphatic carbocycles. The smallest absolute Gasteiger partial charge is 0.328 e. The third-order valence-electron chi connectivity index (χ3n) is 3.27. The van der Waals surface area contributed by atoms with Crippen LogP contribution in [-0.2, 0) is 6.18 Å². The standard InChI is InChI=1S/C14H20F3N3O/c1-4-20(13(2,3)9-18)12(21)19-11-8-6-5-7-10(11)14(15,16)17/h5-8H,4,9,18H2,1-3H3,(H,19,21). The number of alkyl halides is 3. The van der Waals surface area contributed by atoms with Crippen molar-refractivity contribution in [1.82, 2.24) is 4.90 Å². The molecule has 4 nitrogen and oxygen atoms in total. The second-order valence-corrected chi connectivity index (χ2v) is 5.23. The molecule has 0 unspecified atom stereocenters. The summed E-state index contributed by atoms with van der Waals surface area (Å²) >= 11 is 0. The van der Waals surface area contributed by atoms with Crippen LogP contribution in [0.2, 0.25) is 0 Å². The minimum Gasteiger partial charge on any atom is -0.328 e. The Balaban J connectivity index is 3.04. The highest BCUT2D eigenvalue weighted by atomic mass is 19.4. The van der Waals surface area contributed by atoms with Gasteiger partial charge in [-0.15, -0.1) is 0 Å². The molecule has 0 saturated heterocycles. The molecule has 0 fully saturated rings. The van der Waals surface area contributed by atoms with Gasteiger partial charge in [0.25, 0.3) is 0 Å². The number of rotatable bonds is 4. The first-order valence-electron chi connectivity index (χ1n) is 6.58. The lowest BCUT2D eigenvalue weighted by Crippen LogP contribution is -2.53. The van der Waals surface area contributed by atoms with Crippen molar-refractivity contribution in [3.05, 3.63) is 29.8 Å². The summed E-state index contributed by atoms with van der Waals surface area (Å²) in [6.45, 7) is 5.80. The second-order valence-electron chi connectivity index (χ2n) is 5.23. The normalized spacial score (nSPS) is 12.1. The van der Waals surface area contributed by atoms with E-state index in [1.807, 2.05) is 0 Å². The van der Waals surface area contributed by atoms with Gasteiger partial charge in [0.1, 0.15) is 0 Å². The van der Waals surface area contributed by atoms with Gasteiger partial charge in [-0.2, -0.15) is 13.2 Å². The van der Waals surface area contributed by atoms with Crippen LogP contribution in [0.1, 0.15) is 26.3 Å². The van der Waals surface area contributed by atoms with E-state index in [1.165, 1.54) is 23.1 Å². The maximum atomic E-state index is 12.9. The number of carbonyl (C=O) groups is 1. The number of benzene rings is 1. The molecule has 3 N–H and O–H groups in total. The molecule has 0 atom stereocenters. The van der Waals surface area contributed by atoms with Gasteiger partial charge in [-0.1, -0.05) is 12.1 Å². The maximum Gasteiger partial charge on any atom is 0.418 e. The molecular weight excluding hydrogens is 283 g/mol. The fraction of sp³-hybridized carbons (Fsp3) is 0.500. The first-order valence-corrected chi connectivity index (χ1v) is 6.58. The molecule has 1 rings (SSSR count). The number of nitrogens with zero attached hydrogens (tertiary/aromatic N) is 1. The van der Waals surface area contributed by atoms with Crippen LogP contribution in [0.3, 0.4) is 0 Å². The second kappa shape index (κ2) is 6.34. The number of hydrogen-bond donors (Lipinski definition) is 2. The van der Waals surface area contributed by atoms with Crippen LogP contribution in [0.25, 0.3) is 0 Å². The quantitative estimate of drug-likeness (QED) is 0.896. The molecule has 1 aromatic rings. The van der Waals surface area contributed by atoms with E-state index in [9.17, 15) is 18.0 Å². The fourth-order valence-electron chi connectivity index (χ4n) is 1.98. The number of nitrogens with one attached hydrogen (secondary N) is 1. The lowest BCUT2D eigenvalue weighted by Gasteiger charge is -2.37. The molecule has 1 aromatic carbocycles. The number of carbonyl (C=O) groups excluding carboxylic acids is 1. The number of anilines is 1. The van der Waals surface area contributed by atoms with E-state index in [-0.39, 0.29) is 12.2 Å². The lowest BCUT2D eigenvalue weighted by molar-refractivity contribution is -0.136. The lowest BCUT2D eigenvalue weighted by atomic mass is 10.0. The summed E-state index contributed by atoms with van der Waals surface area (Å²) in [5, 5.41) is 2.32. The largest absolute Gasteiger partial charge is 0.418 e. The molecular formula is C14H20F3N3O. The number of likely N-dealkylation sites (N-methyl/N-ethyl adjacent to an activating group) is 1. The third-order valence-corrected chi connectivity index (χ3v) is 3.27. The van der Waals surface area contributed by atoms with Gasteiger partial charge in [0, 0.05) is 13.1 Å². The zero-order valence-corrected chi connectivity index (χ0v) is 12.3. The van der Waals surface area contributed by atoms with Crippen LogP contribution in [0.4, 0.5) is 23.7 Å². The number of para-hydroxylation sites is 1. The van der Waals surface area contributed by atoms with Crippen molar-refractivity contribution in [2.75, 3.05) is 18.4 Å². The van der Waals surface area contributed by atoms with Gasteiger partial charge in [-0.3, -0.25) is 0 Å². The minimum atomic E-state index is -4.52. The van der Waals surface area contributed by atoms with Gasteiger partial charge >= 0.3 is 12.2 Å². The Bertz CT molecular complexity index is 500. The first kappa shape index (κ1) is 17.3. The molecule has 0 aromatic heterocycles. The Kier molecular flexibility index (Phi) is 5.22. The summed E-state index contributed by atoms with van der Waals surface area (Å²) in [6.07, 6.45) is -4.52. The van der Waals surface area contributed by atoms with Gasteiger partial charge in [0.2, 0.25) is 0 Å². The highest BCUT2D eigenvalue weighted by Gasteiger charge is 2.35. The van der Waals surface area contributed by atoms with Crippen molar-refractivity contribution in [2.45, 2.75) is 32.5 Å². The molecule has 2 amide bonds. The average molecular weight is 303 g/mol. The van der Waals surface area contributed by atoms with Gasteiger partial charge in [0.05, 0.1) is 16.8 Å². The molecule has 0 saturated carbocycles. The van der Waals surface area contributed by atoms with Crippen LogP contribution in [0.15, 0.2) is 24.3 Å². The Morgan fingerprint density at radius 3 is 2.33 bits per heavy atom. The van der Waals surface area contributed by atoms with E-state index >= 15 is 0 Å². The molecule has 0 aliphatic heterocycles. The minimum absolute atomic E-state index is 0.204. The van der Waals surface area contributed by atoms with Crippen molar-refractivity contribution in [2.24, 2.45) is 5.73 Å². The number of urea groups is 1. The number of halogens is 3. The van der Waals surface area contributed by atoms with Crippen molar-refractivity contribution >= 4 is 11.7 Å². The van der Waals surface area contributed by atoms with Crippen molar-refractivity contribution in [3.8, 4) is 0 Å². The van der Waals surface area contributed by atoms with E-state index in [4.69, 9.17) is 5.73 Å². The number of amides is 2. The van der Waals surface area contributed by atoms with E-state index < -0.39 is 23.3 Å². The van der Waals surface area contributed by atoms with Crippen LogP contribution in [-0.4, -0.2) is 29.6 Å². The SMILES string of the molecule is CCN(C(=O)Nc1ccccc1C(F)(F)F)C(C)(C)CN. The van der Waals surface area contributed by atoms with Crippen LogP contribution >= 0.6 is 0 Å². The predicted molar refractivity (Wildman–Crippen MR) is 76.0 cm³/mol. The Hall–Kier alpha value is -1.76. The zero-order chi connectivity index (χ0) is 16.3. The van der Waals surface area contributed by atoms with Crippen LogP contribution < -0.4 is 11.1 Å². The highest BCUT2D eigenvalue weighted by Crippen LogP contribution is 2.34.